The van der Waals surface area contributed by atoms with Crippen molar-refractivity contribution in [3.63, 3.8) is 0 Å². The highest BCUT2D eigenvalue weighted by Crippen LogP contribution is 2.69. The predicted molar refractivity (Wildman–Crippen MR) is 423 cm³/mol. The highest BCUT2D eigenvalue weighted by molar-refractivity contribution is 7.68. The van der Waals surface area contributed by atoms with Gasteiger partial charge in [-0.05, 0) is 245 Å². The Kier molecular flexibility index (Phi) is 19.0. The average molecular weight is 1360 g/mol. The molecule has 14 rings (SSSR count). The zero-order valence-electron chi connectivity index (χ0n) is 60.4. The smallest absolute Gasteiger partial charge is 0.403 e. The largest absolute Gasteiger partial charge is 0.524 e. The molecule has 0 spiro atoms. The molecule has 0 saturated carbocycles. The third-order valence-electron chi connectivity index (χ3n) is 21.3. The lowest BCUT2D eigenvalue weighted by atomic mass is 9.82. The van der Waals surface area contributed by atoms with Gasteiger partial charge in [-0.1, -0.05) is 234 Å². The van der Waals surface area contributed by atoms with Gasteiger partial charge in [-0.2, -0.15) is 0 Å². The molecule has 0 fully saturated rings. The molecule has 2 heterocycles. The number of benzene rings is 12. The molecule has 2 aliphatic heterocycles. The normalized spacial score (nSPS) is 14.5. The lowest BCUT2D eigenvalue weighted by molar-refractivity contribution is 0.359. The maximum atomic E-state index is 18.4. The van der Waals surface area contributed by atoms with E-state index in [1.54, 1.807) is 0 Å². The summed E-state index contributed by atoms with van der Waals surface area (Å²) in [5, 5.41) is 7.44. The van der Waals surface area contributed by atoms with Crippen molar-refractivity contribution in [2.45, 2.75) is 167 Å². The van der Waals surface area contributed by atoms with Gasteiger partial charge >= 0.3 is 15.5 Å². The Bertz CT molecular complexity index is 5150. The van der Waals surface area contributed by atoms with E-state index in [0.717, 1.165) is 224 Å². The Morgan fingerprint density at radius 3 is 0.790 bits per heavy atom. The van der Waals surface area contributed by atoms with Crippen molar-refractivity contribution < 1.29 is 27.2 Å². The predicted octanol–water partition coefficient (Wildman–Crippen LogP) is 25.8. The fraction of sp³-hybridized carbons (Fsp3) is 0.275. The van der Waals surface area contributed by atoms with E-state index in [9.17, 15) is 0 Å². The molecule has 9 heteroatoms. The zero-order valence-corrected chi connectivity index (χ0v) is 62.2. The maximum absolute atomic E-state index is 18.4. The second kappa shape index (κ2) is 27.9. The third kappa shape index (κ3) is 11.8. The summed E-state index contributed by atoms with van der Waals surface area (Å²) in [4.78, 5) is 3.30. The van der Waals surface area contributed by atoms with E-state index >= 15 is 9.13 Å². The first-order valence-electron chi connectivity index (χ1n) is 36.9. The molecule has 0 saturated heterocycles. The molecule has 508 valence electrons. The minimum atomic E-state index is -5.22. The maximum Gasteiger partial charge on any atom is 0.524 e. The van der Waals surface area contributed by atoms with Crippen LogP contribution < -0.4 is 23.0 Å². The molecular formula is C91H93NO6P2. The molecule has 1 unspecified atom stereocenters. The van der Waals surface area contributed by atoms with E-state index in [1.807, 2.05) is 6.08 Å². The minimum Gasteiger partial charge on any atom is -0.403 e. The molecule has 0 amide bonds. The molecular weight excluding hydrogens is 1260 g/mol. The van der Waals surface area contributed by atoms with Gasteiger partial charge in [0.1, 0.15) is 23.0 Å². The molecule has 12 aromatic rings. The van der Waals surface area contributed by atoms with E-state index in [1.165, 1.54) is 22.3 Å². The Morgan fingerprint density at radius 2 is 0.540 bits per heavy atom. The number of rotatable bonds is 20. The zero-order chi connectivity index (χ0) is 69.9. The highest BCUT2D eigenvalue weighted by Gasteiger charge is 2.50. The van der Waals surface area contributed by atoms with Crippen molar-refractivity contribution in [3.05, 3.63) is 249 Å². The van der Waals surface area contributed by atoms with Gasteiger partial charge in [-0.3, -0.25) is 0 Å². The topological polar surface area (TPSA) is 83.1 Å². The van der Waals surface area contributed by atoms with Gasteiger partial charge in [0.15, 0.2) is 0 Å². The Balaban J connectivity index is 1.15. The van der Waals surface area contributed by atoms with Gasteiger partial charge in [0, 0.05) is 44.5 Å². The number of aryl methyl sites for hydroxylation is 12. The number of allylic oxidation sites excluding steroid dienone is 1. The lowest BCUT2D eigenvalue weighted by Gasteiger charge is -2.27. The summed E-state index contributed by atoms with van der Waals surface area (Å²) in [7, 11) is -10.4. The van der Waals surface area contributed by atoms with Crippen LogP contribution in [0.15, 0.2) is 176 Å². The van der Waals surface area contributed by atoms with Crippen molar-refractivity contribution in [1.29, 1.82) is 0 Å². The first-order chi connectivity index (χ1) is 48.6. The van der Waals surface area contributed by atoms with Crippen LogP contribution in [0.5, 0.6) is 23.0 Å². The Hall–Kier alpha value is -8.96. The second-order valence-electron chi connectivity index (χ2n) is 27.1. The molecule has 7 nitrogen and oxygen atoms in total. The van der Waals surface area contributed by atoms with Crippen molar-refractivity contribution in [3.8, 4) is 89.8 Å². The summed E-state index contributed by atoms with van der Waals surface area (Å²) in [5.41, 5.74) is 25.1. The van der Waals surface area contributed by atoms with E-state index in [-0.39, 0.29) is 0 Å². The SMILES string of the molecule is C=CCc1ccc2c3c(c(-c4c(CC)cc(CC)cc4CC)cc2c1)OP(=O)(NP1(=O)Oc2c(-c4c(CC)cc(CC)cc4CC)cc4ccccc4c2-c2c(c(-c4c(CC)cc(CC)cc4CC)cc4ccccc24)O1)Oc1c(-c2c(CC)cc(CC)cc2CC)cc2ccccc2c1-3. The van der Waals surface area contributed by atoms with E-state index in [4.69, 9.17) is 18.1 Å². The average Bonchev–Trinajstić information content (AvgIpc) is 1.35. The van der Waals surface area contributed by atoms with Gasteiger partial charge in [0.05, 0.1) is 0 Å². The molecule has 100 heavy (non-hydrogen) atoms. The van der Waals surface area contributed by atoms with Crippen LogP contribution in [-0.4, -0.2) is 0 Å². The van der Waals surface area contributed by atoms with Crippen LogP contribution in [0, 0.1) is 0 Å². The summed E-state index contributed by atoms with van der Waals surface area (Å²) in [6.45, 7) is 30.6. The van der Waals surface area contributed by atoms with Crippen LogP contribution in [-0.2, 0) is 92.6 Å². The molecule has 0 aromatic heterocycles. The van der Waals surface area contributed by atoms with Crippen molar-refractivity contribution in [2.75, 3.05) is 0 Å². The molecule has 0 radical (unpaired) electrons. The monoisotopic (exact) mass is 1360 g/mol. The minimum absolute atomic E-state index is 0.343. The van der Waals surface area contributed by atoms with Crippen molar-refractivity contribution >= 4 is 58.6 Å². The van der Waals surface area contributed by atoms with Crippen LogP contribution in [0.3, 0.4) is 0 Å². The fourth-order valence-corrected chi connectivity index (χ4v) is 20.0. The molecule has 1 atom stereocenters. The summed E-state index contributed by atoms with van der Waals surface area (Å²) < 4.78 is 67.7. The summed E-state index contributed by atoms with van der Waals surface area (Å²) >= 11 is 0. The molecule has 12 aromatic carbocycles. The van der Waals surface area contributed by atoms with Gasteiger partial charge in [0.2, 0.25) is 0 Å². The van der Waals surface area contributed by atoms with E-state index < -0.39 is 15.5 Å². The second-order valence-corrected chi connectivity index (χ2v) is 30.6. The number of hydrogen-bond acceptors (Lipinski definition) is 6. The summed E-state index contributed by atoms with van der Waals surface area (Å²) in [6.07, 6.45) is 11.8. The van der Waals surface area contributed by atoms with Crippen LogP contribution in [0.2, 0.25) is 0 Å². The fourth-order valence-electron chi connectivity index (χ4n) is 16.4. The van der Waals surface area contributed by atoms with Crippen LogP contribution in [0.25, 0.3) is 110 Å². The van der Waals surface area contributed by atoms with Crippen LogP contribution in [0.1, 0.15) is 155 Å². The number of nitrogens with one attached hydrogen (secondary N) is 1. The van der Waals surface area contributed by atoms with Gasteiger partial charge < -0.3 is 18.1 Å². The van der Waals surface area contributed by atoms with Crippen LogP contribution >= 0.6 is 15.5 Å². The van der Waals surface area contributed by atoms with Gasteiger partial charge in [0.25, 0.3) is 0 Å². The van der Waals surface area contributed by atoms with Gasteiger partial charge in [-0.15, -0.1) is 6.58 Å². The molecule has 1 N–H and O–H groups in total. The van der Waals surface area contributed by atoms with Gasteiger partial charge in [-0.25, -0.2) is 9.13 Å². The van der Waals surface area contributed by atoms with E-state index in [2.05, 4.69) is 258 Å². The summed E-state index contributed by atoms with van der Waals surface area (Å²) in [6, 6.07) is 59.3. The first-order valence-corrected chi connectivity index (χ1v) is 40.0. The molecule has 2 aliphatic rings. The molecule has 0 bridgehead atoms. The first kappa shape index (κ1) is 68.2. The number of hydrogen-bond donors (Lipinski definition) is 1. The van der Waals surface area contributed by atoms with Crippen molar-refractivity contribution in [1.82, 2.24) is 4.86 Å². The number of fused-ring (bicyclic) bond motifs is 14. The van der Waals surface area contributed by atoms with Crippen molar-refractivity contribution in [2.24, 2.45) is 0 Å². The van der Waals surface area contributed by atoms with E-state index in [0.29, 0.717) is 42.3 Å². The molecule has 0 aliphatic carbocycles. The highest BCUT2D eigenvalue weighted by atomic mass is 31.3. The standard InChI is InChI=1S/C91H93NO6P2/c1-14-33-59-40-41-75-71(50-59)54-79(83-66(25-12)48-58(18-5)49-67(83)26-13)91-87(75)86-74-39-32-29-36-70(74)53-78(82-64(23-10)46-57(17-4)47-65(82)24-11)90(86)97-100(94,98-91)92-99(93)95-88-76(80-60(19-6)42-55(15-2)43-61(80)20-7)51-68-34-27-30-37-72(68)84(88)85-73-38-31-28-35-69(73)52-77(89(85)96-99)81-62(21-8)44-56(16-3)45-63(81)22-9/h14,27-32,34-54H,1,15-26,33H2,2-13H3,(H,92,93,94). The summed E-state index contributed by atoms with van der Waals surface area (Å²) in [5.74, 6) is 1.38. The third-order valence-corrected chi connectivity index (χ3v) is 25.0. The Labute approximate surface area is 592 Å². The lowest BCUT2D eigenvalue weighted by Crippen LogP contribution is -2.22. The Morgan fingerprint density at radius 1 is 0.290 bits per heavy atom. The quantitative estimate of drug-likeness (QED) is 0.0601. The van der Waals surface area contributed by atoms with Crippen LogP contribution in [0.4, 0.5) is 0 Å².